The molecule has 1 amide bonds. The van der Waals surface area contributed by atoms with Crippen LogP contribution < -0.4 is 0 Å². The highest BCUT2D eigenvalue weighted by atomic mass is 16.3. The molecule has 0 heterocycles. The number of hydrogen-bond donors (Lipinski definition) is 0. The molecule has 1 radical (unpaired) electrons. The molecule has 0 saturated carbocycles. The smallest absolute Gasteiger partial charge is 0.251 e. The lowest BCUT2D eigenvalue weighted by Gasteiger charge is -2.17. The van der Waals surface area contributed by atoms with Gasteiger partial charge >= 0.3 is 0 Å². The molecule has 0 spiro atoms. The van der Waals surface area contributed by atoms with Crippen LogP contribution in [0.2, 0.25) is 0 Å². The van der Waals surface area contributed by atoms with Gasteiger partial charge in [-0.15, -0.1) is 0 Å². The Balaban J connectivity index is 3.68. The van der Waals surface area contributed by atoms with Gasteiger partial charge in [-0.2, -0.15) is 0 Å². The predicted octanol–water partition coefficient (Wildman–Crippen LogP) is 0.675. The van der Waals surface area contributed by atoms with Crippen molar-refractivity contribution in [2.24, 2.45) is 0 Å². The van der Waals surface area contributed by atoms with E-state index in [9.17, 15) is 9.90 Å². The van der Waals surface area contributed by atoms with E-state index in [1.165, 1.54) is 0 Å². The highest BCUT2D eigenvalue weighted by Gasteiger charge is 2.07. The van der Waals surface area contributed by atoms with Crippen molar-refractivity contribution in [1.29, 1.82) is 0 Å². The number of amides is 1. The van der Waals surface area contributed by atoms with Gasteiger partial charge in [0.2, 0.25) is 0 Å². The summed E-state index contributed by atoms with van der Waals surface area (Å²) in [4.78, 5) is 12.3. The Kier molecular flexibility index (Phi) is 4.94. The predicted molar refractivity (Wildman–Crippen MR) is 38.1 cm³/mol. The second-order valence-corrected chi connectivity index (χ2v) is 2.12. The van der Waals surface area contributed by atoms with Crippen molar-refractivity contribution in [3.63, 3.8) is 0 Å². The Bertz CT molecular complexity index is 104. The van der Waals surface area contributed by atoms with Gasteiger partial charge in [-0.25, -0.2) is 5.11 Å². The number of carbonyl (C=O) groups excluding carboxylic acids is 1. The molecule has 0 aromatic heterocycles. The lowest BCUT2D eigenvalue weighted by molar-refractivity contribution is -0.135. The lowest BCUT2D eigenvalue weighted by atomic mass is 10.4. The average Bonchev–Trinajstić information content (AvgIpc) is 1.99. The maximum Gasteiger partial charge on any atom is 0.251 e. The molecule has 10 heavy (non-hydrogen) atoms. The third-order valence-corrected chi connectivity index (χ3v) is 1.35. The summed E-state index contributed by atoms with van der Waals surface area (Å²) in [6, 6.07) is 0. The first-order valence-corrected chi connectivity index (χ1v) is 3.62. The van der Waals surface area contributed by atoms with Gasteiger partial charge in [0.05, 0.1) is 0 Å². The first kappa shape index (κ1) is 9.43. The van der Waals surface area contributed by atoms with Crippen LogP contribution in [0.5, 0.6) is 0 Å². The monoisotopic (exact) mass is 144 g/mol. The van der Waals surface area contributed by atoms with E-state index < -0.39 is 6.61 Å². The Labute approximate surface area is 61.6 Å². The third kappa shape index (κ3) is 2.82. The fraction of sp³-hybridized carbons (Fsp3) is 0.857. The van der Waals surface area contributed by atoms with E-state index in [2.05, 4.69) is 0 Å². The summed E-state index contributed by atoms with van der Waals surface area (Å²) in [5.41, 5.74) is 0. The zero-order valence-electron chi connectivity index (χ0n) is 6.59. The van der Waals surface area contributed by atoms with Gasteiger partial charge in [-0.1, -0.05) is 6.92 Å². The molecule has 0 aromatic carbocycles. The second-order valence-electron chi connectivity index (χ2n) is 2.12. The molecule has 0 atom stereocenters. The van der Waals surface area contributed by atoms with Crippen molar-refractivity contribution in [2.45, 2.75) is 20.3 Å². The minimum Gasteiger partial charge on any atom is -0.341 e. The van der Waals surface area contributed by atoms with Gasteiger partial charge in [-0.05, 0) is 13.3 Å². The first-order valence-electron chi connectivity index (χ1n) is 3.62. The van der Waals surface area contributed by atoms with Crippen LogP contribution >= 0.6 is 0 Å². The zero-order valence-corrected chi connectivity index (χ0v) is 6.59. The molecule has 0 aliphatic heterocycles. The quantitative estimate of drug-likeness (QED) is 0.571. The number of nitrogens with zero attached hydrogens (tertiary/aromatic N) is 1. The van der Waals surface area contributed by atoms with Crippen LogP contribution in [0.15, 0.2) is 0 Å². The molecule has 0 N–H and O–H groups in total. The fourth-order valence-electron chi connectivity index (χ4n) is 0.820. The number of hydrogen-bond acceptors (Lipinski definition) is 1. The van der Waals surface area contributed by atoms with E-state index in [4.69, 9.17) is 0 Å². The van der Waals surface area contributed by atoms with Crippen LogP contribution in [0.4, 0.5) is 0 Å². The Morgan fingerprint density at radius 3 is 2.30 bits per heavy atom. The van der Waals surface area contributed by atoms with Gasteiger partial charge in [0.15, 0.2) is 6.61 Å². The van der Waals surface area contributed by atoms with Crippen molar-refractivity contribution in [1.82, 2.24) is 4.90 Å². The largest absolute Gasteiger partial charge is 0.341 e. The molecule has 0 aromatic rings. The molecule has 0 saturated heterocycles. The molecule has 0 bridgehead atoms. The van der Waals surface area contributed by atoms with Gasteiger partial charge < -0.3 is 4.90 Å². The molecular weight excluding hydrogens is 130 g/mol. The van der Waals surface area contributed by atoms with Crippen LogP contribution in [0.3, 0.4) is 0 Å². The van der Waals surface area contributed by atoms with Crippen molar-refractivity contribution >= 4 is 5.91 Å². The standard InChI is InChI=1S/C7H14NO2/c1-3-5-8(4-2)7(10)6-9/h3-6H2,1-2H3. The van der Waals surface area contributed by atoms with E-state index in [0.29, 0.717) is 13.1 Å². The van der Waals surface area contributed by atoms with Gasteiger partial charge in [0.1, 0.15) is 0 Å². The SMILES string of the molecule is CCCN(CC)C(=O)C[O]. The highest BCUT2D eigenvalue weighted by molar-refractivity contribution is 5.76. The Morgan fingerprint density at radius 2 is 2.00 bits per heavy atom. The maximum absolute atomic E-state index is 10.7. The summed E-state index contributed by atoms with van der Waals surface area (Å²) in [7, 11) is 0. The van der Waals surface area contributed by atoms with E-state index in [0.717, 1.165) is 6.42 Å². The van der Waals surface area contributed by atoms with Crippen molar-refractivity contribution in [3.8, 4) is 0 Å². The topological polar surface area (TPSA) is 40.2 Å². The van der Waals surface area contributed by atoms with E-state index >= 15 is 0 Å². The number of rotatable bonds is 4. The number of likely N-dealkylation sites (N-methyl/N-ethyl adjacent to an activating group) is 1. The van der Waals surface area contributed by atoms with Crippen molar-refractivity contribution < 1.29 is 9.90 Å². The first-order chi connectivity index (χ1) is 4.76. The minimum atomic E-state index is -0.617. The number of carbonyl (C=O) groups is 1. The fourth-order valence-corrected chi connectivity index (χ4v) is 0.820. The van der Waals surface area contributed by atoms with Gasteiger partial charge in [0, 0.05) is 13.1 Å². The molecule has 0 fully saturated rings. The van der Waals surface area contributed by atoms with Gasteiger partial charge in [-0.3, -0.25) is 4.79 Å². The third-order valence-electron chi connectivity index (χ3n) is 1.35. The average molecular weight is 144 g/mol. The highest BCUT2D eigenvalue weighted by Crippen LogP contribution is 1.90. The normalized spacial score (nSPS) is 9.50. The van der Waals surface area contributed by atoms with E-state index in [-0.39, 0.29) is 5.91 Å². The minimum absolute atomic E-state index is 0.288. The van der Waals surface area contributed by atoms with E-state index in [1.54, 1.807) is 4.90 Å². The Hall–Kier alpha value is -0.570. The van der Waals surface area contributed by atoms with Crippen molar-refractivity contribution in [3.05, 3.63) is 0 Å². The Morgan fingerprint density at radius 1 is 1.40 bits per heavy atom. The summed E-state index contributed by atoms with van der Waals surface area (Å²) in [6.07, 6.45) is 0.916. The molecule has 0 aliphatic rings. The molecule has 59 valence electrons. The summed E-state index contributed by atoms with van der Waals surface area (Å²) in [6.45, 7) is 4.60. The molecule has 3 nitrogen and oxygen atoms in total. The second kappa shape index (κ2) is 5.23. The molecule has 0 rings (SSSR count). The lowest BCUT2D eigenvalue weighted by Crippen LogP contribution is -2.33. The van der Waals surface area contributed by atoms with Crippen molar-refractivity contribution in [2.75, 3.05) is 19.7 Å². The maximum atomic E-state index is 10.7. The molecule has 3 heteroatoms. The summed E-state index contributed by atoms with van der Waals surface area (Å²) in [5.74, 6) is -0.288. The van der Waals surface area contributed by atoms with Gasteiger partial charge in [0.25, 0.3) is 5.91 Å². The molecule has 0 aliphatic carbocycles. The van der Waals surface area contributed by atoms with Crippen LogP contribution in [0, 0.1) is 0 Å². The summed E-state index contributed by atoms with van der Waals surface area (Å²) >= 11 is 0. The summed E-state index contributed by atoms with van der Waals surface area (Å²) in [5, 5.41) is 10.1. The van der Waals surface area contributed by atoms with Crippen LogP contribution in [-0.4, -0.2) is 30.5 Å². The van der Waals surface area contributed by atoms with Crippen LogP contribution in [-0.2, 0) is 9.90 Å². The van der Waals surface area contributed by atoms with Crippen LogP contribution in [0.1, 0.15) is 20.3 Å². The van der Waals surface area contributed by atoms with E-state index in [1.807, 2.05) is 13.8 Å². The van der Waals surface area contributed by atoms with Crippen LogP contribution in [0.25, 0.3) is 0 Å². The molecule has 0 unspecified atom stereocenters. The zero-order chi connectivity index (χ0) is 7.98. The molecular formula is C7H14NO2. The summed E-state index contributed by atoms with van der Waals surface area (Å²) < 4.78 is 0.